The molecular formula is C20H21ClN4O2. The summed E-state index contributed by atoms with van der Waals surface area (Å²) in [6.07, 6.45) is 3.43. The highest BCUT2D eigenvalue weighted by molar-refractivity contribution is 5.85. The van der Waals surface area contributed by atoms with Crippen molar-refractivity contribution in [2.24, 2.45) is 0 Å². The SMILES string of the molecule is C(#Cc1nc2cccc(OCCN3CCNCC3)c2o1)c1cccnc1.Cl. The molecule has 0 atom stereocenters. The van der Waals surface area contributed by atoms with E-state index in [2.05, 4.69) is 32.0 Å². The van der Waals surface area contributed by atoms with Crippen LogP contribution in [0.3, 0.4) is 0 Å². The first-order valence-corrected chi connectivity index (χ1v) is 8.76. The van der Waals surface area contributed by atoms with Gasteiger partial charge in [0.1, 0.15) is 12.1 Å². The van der Waals surface area contributed by atoms with E-state index in [1.54, 1.807) is 12.4 Å². The molecule has 0 unspecified atom stereocenters. The Labute approximate surface area is 164 Å². The number of piperazine rings is 1. The number of benzene rings is 1. The van der Waals surface area contributed by atoms with E-state index in [1.807, 2.05) is 30.3 Å². The Morgan fingerprint density at radius 2 is 2.04 bits per heavy atom. The van der Waals surface area contributed by atoms with Gasteiger partial charge in [-0.25, -0.2) is 4.98 Å². The lowest BCUT2D eigenvalue weighted by molar-refractivity contribution is 0.191. The van der Waals surface area contributed by atoms with Crippen LogP contribution < -0.4 is 10.1 Å². The number of hydrogen-bond donors (Lipinski definition) is 1. The Morgan fingerprint density at radius 3 is 2.85 bits per heavy atom. The monoisotopic (exact) mass is 384 g/mol. The fraction of sp³-hybridized carbons (Fsp3) is 0.300. The van der Waals surface area contributed by atoms with Gasteiger partial charge in [0.15, 0.2) is 11.3 Å². The third-order valence-electron chi connectivity index (χ3n) is 4.23. The molecule has 0 spiro atoms. The summed E-state index contributed by atoms with van der Waals surface area (Å²) in [6, 6.07) is 9.47. The number of hydrogen-bond acceptors (Lipinski definition) is 6. The summed E-state index contributed by atoms with van der Waals surface area (Å²) in [4.78, 5) is 10.9. The predicted molar refractivity (Wildman–Crippen MR) is 106 cm³/mol. The molecule has 0 saturated carbocycles. The highest BCUT2D eigenvalue weighted by atomic mass is 35.5. The molecule has 1 aromatic carbocycles. The molecular weight excluding hydrogens is 364 g/mol. The molecule has 1 fully saturated rings. The summed E-state index contributed by atoms with van der Waals surface area (Å²) in [7, 11) is 0. The lowest BCUT2D eigenvalue weighted by Gasteiger charge is -2.26. The van der Waals surface area contributed by atoms with Crippen molar-refractivity contribution in [3.05, 3.63) is 54.2 Å². The fourth-order valence-corrected chi connectivity index (χ4v) is 2.87. The third-order valence-corrected chi connectivity index (χ3v) is 4.23. The van der Waals surface area contributed by atoms with E-state index < -0.39 is 0 Å². The van der Waals surface area contributed by atoms with Gasteiger partial charge in [0, 0.05) is 50.7 Å². The number of oxazole rings is 1. The Hall–Kier alpha value is -2.59. The van der Waals surface area contributed by atoms with E-state index in [9.17, 15) is 0 Å². The number of nitrogens with one attached hydrogen (secondary N) is 1. The molecule has 1 N–H and O–H groups in total. The molecule has 7 heteroatoms. The summed E-state index contributed by atoms with van der Waals surface area (Å²) in [5, 5.41) is 3.35. The second-order valence-corrected chi connectivity index (χ2v) is 6.06. The van der Waals surface area contributed by atoms with E-state index in [0.29, 0.717) is 23.8 Å². The summed E-state index contributed by atoms with van der Waals surface area (Å²) in [6.45, 7) is 5.72. The number of rotatable bonds is 4. The number of halogens is 1. The highest BCUT2D eigenvalue weighted by Crippen LogP contribution is 2.26. The van der Waals surface area contributed by atoms with Gasteiger partial charge in [-0.3, -0.25) is 9.88 Å². The van der Waals surface area contributed by atoms with E-state index in [0.717, 1.165) is 43.8 Å². The molecule has 27 heavy (non-hydrogen) atoms. The van der Waals surface area contributed by atoms with Crippen LogP contribution in [0.15, 0.2) is 47.1 Å². The maximum absolute atomic E-state index is 5.94. The number of para-hydroxylation sites is 1. The largest absolute Gasteiger partial charge is 0.488 e. The van der Waals surface area contributed by atoms with Crippen LogP contribution in [0.5, 0.6) is 5.75 Å². The van der Waals surface area contributed by atoms with E-state index in [-0.39, 0.29) is 12.4 Å². The second-order valence-electron chi connectivity index (χ2n) is 6.06. The zero-order valence-electron chi connectivity index (χ0n) is 14.9. The molecule has 1 saturated heterocycles. The molecule has 1 aliphatic rings. The minimum Gasteiger partial charge on any atom is -0.488 e. The van der Waals surface area contributed by atoms with Gasteiger partial charge in [0.05, 0.1) is 0 Å². The molecule has 0 radical (unpaired) electrons. The zero-order chi connectivity index (χ0) is 17.6. The van der Waals surface area contributed by atoms with E-state index in [4.69, 9.17) is 9.15 Å². The number of aromatic nitrogens is 2. The van der Waals surface area contributed by atoms with Gasteiger partial charge in [-0.1, -0.05) is 12.0 Å². The van der Waals surface area contributed by atoms with Gasteiger partial charge in [-0.2, -0.15) is 0 Å². The molecule has 140 valence electrons. The predicted octanol–water partition coefficient (Wildman–Crippen LogP) is 2.33. The first kappa shape index (κ1) is 19.2. The van der Waals surface area contributed by atoms with Crippen molar-refractivity contribution in [2.45, 2.75) is 0 Å². The number of pyridine rings is 1. The summed E-state index contributed by atoms with van der Waals surface area (Å²) in [5.41, 5.74) is 2.21. The van der Waals surface area contributed by atoms with Crippen LogP contribution in [0.4, 0.5) is 0 Å². The van der Waals surface area contributed by atoms with Gasteiger partial charge in [0.2, 0.25) is 0 Å². The van der Waals surface area contributed by atoms with Gasteiger partial charge in [-0.05, 0) is 30.2 Å². The summed E-state index contributed by atoms with van der Waals surface area (Å²) >= 11 is 0. The lowest BCUT2D eigenvalue weighted by atomic mass is 10.3. The normalized spacial score (nSPS) is 14.2. The van der Waals surface area contributed by atoms with Crippen molar-refractivity contribution in [2.75, 3.05) is 39.3 Å². The molecule has 3 heterocycles. The van der Waals surface area contributed by atoms with Crippen molar-refractivity contribution in [3.8, 4) is 17.6 Å². The first-order valence-electron chi connectivity index (χ1n) is 8.76. The van der Waals surface area contributed by atoms with Crippen molar-refractivity contribution in [1.29, 1.82) is 0 Å². The smallest absolute Gasteiger partial charge is 0.274 e. The first-order chi connectivity index (χ1) is 12.9. The van der Waals surface area contributed by atoms with Gasteiger partial charge >= 0.3 is 0 Å². The standard InChI is InChI=1S/C20H20N4O2.ClH/c1-4-17-20(18(5-1)25-14-13-24-11-9-21-10-12-24)26-19(23-17)7-6-16-3-2-8-22-15-16;/h1-5,8,15,21H,9-14H2;1H. The van der Waals surface area contributed by atoms with Crippen LogP contribution in [0, 0.1) is 11.8 Å². The molecule has 6 nitrogen and oxygen atoms in total. The Balaban J connectivity index is 0.00000210. The average molecular weight is 385 g/mol. The molecule has 1 aliphatic heterocycles. The van der Waals surface area contributed by atoms with Crippen LogP contribution >= 0.6 is 12.4 Å². The Morgan fingerprint density at radius 1 is 1.15 bits per heavy atom. The second kappa shape index (κ2) is 9.38. The van der Waals surface area contributed by atoms with E-state index >= 15 is 0 Å². The highest BCUT2D eigenvalue weighted by Gasteiger charge is 2.12. The molecule has 0 bridgehead atoms. The quantitative estimate of drug-likeness (QED) is 0.696. The van der Waals surface area contributed by atoms with Crippen molar-refractivity contribution < 1.29 is 9.15 Å². The van der Waals surface area contributed by atoms with Crippen molar-refractivity contribution in [1.82, 2.24) is 20.2 Å². The fourth-order valence-electron chi connectivity index (χ4n) is 2.87. The van der Waals surface area contributed by atoms with Gasteiger partial charge in [0.25, 0.3) is 5.89 Å². The van der Waals surface area contributed by atoms with Crippen molar-refractivity contribution >= 4 is 23.5 Å². The average Bonchev–Trinajstić information content (AvgIpc) is 3.12. The summed E-state index contributed by atoms with van der Waals surface area (Å²) in [5.74, 6) is 7.04. The number of fused-ring (bicyclic) bond motifs is 1. The van der Waals surface area contributed by atoms with E-state index in [1.165, 1.54) is 0 Å². The van der Waals surface area contributed by atoms with Crippen LogP contribution in [-0.2, 0) is 0 Å². The number of ether oxygens (including phenoxy) is 1. The minimum absolute atomic E-state index is 0. The third kappa shape index (κ3) is 4.98. The molecule has 0 aliphatic carbocycles. The topological polar surface area (TPSA) is 63.4 Å². The Kier molecular flexibility index (Phi) is 6.66. The zero-order valence-corrected chi connectivity index (χ0v) is 15.7. The maximum atomic E-state index is 5.94. The minimum atomic E-state index is 0. The summed E-state index contributed by atoms with van der Waals surface area (Å²) < 4.78 is 11.8. The van der Waals surface area contributed by atoms with Crippen LogP contribution in [-0.4, -0.2) is 54.2 Å². The molecule has 2 aromatic heterocycles. The van der Waals surface area contributed by atoms with Gasteiger partial charge in [-0.15, -0.1) is 12.4 Å². The number of nitrogens with zero attached hydrogens (tertiary/aromatic N) is 3. The van der Waals surface area contributed by atoms with Gasteiger partial charge < -0.3 is 14.5 Å². The Bertz CT molecular complexity index is 927. The van der Waals surface area contributed by atoms with Crippen LogP contribution in [0.1, 0.15) is 11.5 Å². The lowest BCUT2D eigenvalue weighted by Crippen LogP contribution is -2.44. The van der Waals surface area contributed by atoms with Crippen molar-refractivity contribution in [3.63, 3.8) is 0 Å². The molecule has 4 rings (SSSR count). The molecule has 3 aromatic rings. The van der Waals surface area contributed by atoms with Crippen LogP contribution in [0.25, 0.3) is 11.1 Å². The van der Waals surface area contributed by atoms with Crippen LogP contribution in [0.2, 0.25) is 0 Å². The maximum Gasteiger partial charge on any atom is 0.274 e. The molecule has 0 amide bonds.